The number of rotatable bonds is 9. The molecule has 1 heterocycles. The minimum Gasteiger partial charge on any atom is -0.390 e. The Hall–Kier alpha value is 0.0300. The first-order valence-electron chi connectivity index (χ1n) is 7.87. The molecule has 1 fully saturated rings. The molecule has 8 nitrogen and oxygen atoms in total. The molecule has 0 aliphatic carbocycles. The molecule has 0 aromatic carbocycles. The summed E-state index contributed by atoms with van der Waals surface area (Å²) in [6.07, 6.45) is -6.17. The Bertz CT molecular complexity index is 336. The van der Waals surface area contributed by atoms with E-state index < -0.39 is 49.0 Å². The summed E-state index contributed by atoms with van der Waals surface area (Å²) in [5, 5.41) is 49.1. The Morgan fingerprint density at radius 2 is 1.83 bits per heavy atom. The highest BCUT2D eigenvalue weighted by atomic mass is 32.1. The average Bonchev–Trinajstić information content (AvgIpc) is 2.55. The van der Waals surface area contributed by atoms with Gasteiger partial charge in [0.1, 0.15) is 18.3 Å². The normalized spacial score (nSPS) is 35.7. The molecule has 0 amide bonds. The maximum absolute atomic E-state index is 9.94. The van der Waals surface area contributed by atoms with Crippen molar-refractivity contribution in [1.82, 2.24) is 0 Å². The number of nitrogens with two attached hydrogens (primary N) is 1. The third kappa shape index (κ3) is 5.80. The highest BCUT2D eigenvalue weighted by Gasteiger charge is 2.44. The summed E-state index contributed by atoms with van der Waals surface area (Å²) in [7, 11) is 0. The van der Waals surface area contributed by atoms with Crippen LogP contribution in [0.5, 0.6) is 0 Å². The SMILES string of the molecule is CCCC[C@@H](O)[C@@H](O)[C@@H](N)CO[C@H]1OC(CS)[C@H](O)C(O)C1O. The molecule has 8 atom stereocenters. The molecule has 9 heteroatoms. The van der Waals surface area contributed by atoms with Gasteiger partial charge in [0.05, 0.1) is 31.0 Å². The van der Waals surface area contributed by atoms with E-state index in [0.717, 1.165) is 12.8 Å². The van der Waals surface area contributed by atoms with Gasteiger partial charge in [-0.3, -0.25) is 0 Å². The Balaban J connectivity index is 2.49. The van der Waals surface area contributed by atoms with Crippen LogP contribution < -0.4 is 5.73 Å². The van der Waals surface area contributed by atoms with Crippen LogP contribution in [0.3, 0.4) is 0 Å². The second-order valence-corrected chi connectivity index (χ2v) is 6.26. The molecule has 0 aromatic heterocycles. The number of ether oxygens (including phenoxy) is 2. The minimum absolute atomic E-state index is 0.134. The van der Waals surface area contributed by atoms with Crippen molar-refractivity contribution in [2.45, 2.75) is 75.1 Å². The molecule has 1 rings (SSSR count). The summed E-state index contributed by atoms with van der Waals surface area (Å²) in [5.74, 6) is 0.134. The van der Waals surface area contributed by atoms with Crippen LogP contribution >= 0.6 is 12.6 Å². The molecular formula is C14H29NO7S. The van der Waals surface area contributed by atoms with Gasteiger partial charge in [-0.1, -0.05) is 19.8 Å². The van der Waals surface area contributed by atoms with Crippen molar-refractivity contribution in [3.05, 3.63) is 0 Å². The van der Waals surface area contributed by atoms with Crippen LogP contribution in [0.25, 0.3) is 0 Å². The smallest absolute Gasteiger partial charge is 0.186 e. The predicted molar refractivity (Wildman–Crippen MR) is 86.0 cm³/mol. The quantitative estimate of drug-likeness (QED) is 0.235. The van der Waals surface area contributed by atoms with E-state index in [1.54, 1.807) is 0 Å². The van der Waals surface area contributed by atoms with Crippen molar-refractivity contribution in [1.29, 1.82) is 0 Å². The molecule has 138 valence electrons. The van der Waals surface area contributed by atoms with Gasteiger partial charge in [-0.15, -0.1) is 0 Å². The van der Waals surface area contributed by atoms with Gasteiger partial charge in [-0.25, -0.2) is 0 Å². The van der Waals surface area contributed by atoms with Gasteiger partial charge >= 0.3 is 0 Å². The maximum Gasteiger partial charge on any atom is 0.186 e. The number of aliphatic hydroxyl groups excluding tert-OH is 5. The molecule has 3 unspecified atom stereocenters. The lowest BCUT2D eigenvalue weighted by Crippen LogP contribution is -2.59. The predicted octanol–water partition coefficient (Wildman–Crippen LogP) is -2.02. The molecular weight excluding hydrogens is 326 g/mol. The van der Waals surface area contributed by atoms with E-state index in [2.05, 4.69) is 12.6 Å². The molecule has 23 heavy (non-hydrogen) atoms. The molecule has 0 spiro atoms. The number of hydrogen-bond acceptors (Lipinski definition) is 9. The standard InChI is InChI=1S/C14H29NO7S/c1-2-3-4-8(16)10(17)7(15)5-21-14-13(20)12(19)11(18)9(6-23)22-14/h7-14,16-20,23H,2-6,15H2,1H3/t7-,8+,9?,10-,11-,12?,13?,14-/m0/s1. The van der Waals surface area contributed by atoms with Crippen molar-refractivity contribution < 1.29 is 35.0 Å². The highest BCUT2D eigenvalue weighted by molar-refractivity contribution is 7.80. The van der Waals surface area contributed by atoms with Gasteiger partial charge < -0.3 is 40.7 Å². The van der Waals surface area contributed by atoms with Crippen molar-refractivity contribution in [3.8, 4) is 0 Å². The zero-order chi connectivity index (χ0) is 17.6. The lowest BCUT2D eigenvalue weighted by Gasteiger charge is -2.40. The van der Waals surface area contributed by atoms with Gasteiger partial charge in [0.25, 0.3) is 0 Å². The lowest BCUT2D eigenvalue weighted by molar-refractivity contribution is -0.293. The Labute approximate surface area is 141 Å². The summed E-state index contributed by atoms with van der Waals surface area (Å²) < 4.78 is 10.6. The molecule has 0 radical (unpaired) electrons. The van der Waals surface area contributed by atoms with Crippen LogP contribution in [0.2, 0.25) is 0 Å². The van der Waals surface area contributed by atoms with E-state index in [1.165, 1.54) is 0 Å². The first-order valence-corrected chi connectivity index (χ1v) is 8.50. The van der Waals surface area contributed by atoms with Gasteiger partial charge in [0.15, 0.2) is 6.29 Å². The van der Waals surface area contributed by atoms with Crippen LogP contribution in [-0.2, 0) is 9.47 Å². The second-order valence-electron chi connectivity index (χ2n) is 5.89. The summed E-state index contributed by atoms with van der Waals surface area (Å²) in [6, 6.07) is -0.879. The number of thiol groups is 1. The fourth-order valence-electron chi connectivity index (χ4n) is 2.38. The third-order valence-corrected chi connectivity index (χ3v) is 4.35. The fraction of sp³-hybridized carbons (Fsp3) is 1.00. The van der Waals surface area contributed by atoms with Crippen molar-refractivity contribution in [2.75, 3.05) is 12.4 Å². The van der Waals surface area contributed by atoms with E-state index >= 15 is 0 Å². The Morgan fingerprint density at radius 1 is 1.17 bits per heavy atom. The van der Waals surface area contributed by atoms with Gasteiger partial charge in [-0.05, 0) is 6.42 Å². The van der Waals surface area contributed by atoms with E-state index in [4.69, 9.17) is 15.2 Å². The Morgan fingerprint density at radius 3 is 2.39 bits per heavy atom. The summed E-state index contributed by atoms with van der Waals surface area (Å²) in [4.78, 5) is 0. The van der Waals surface area contributed by atoms with E-state index in [0.29, 0.717) is 6.42 Å². The molecule has 1 saturated heterocycles. The first-order chi connectivity index (χ1) is 10.8. The topological polar surface area (TPSA) is 146 Å². The van der Waals surface area contributed by atoms with E-state index in [-0.39, 0.29) is 12.4 Å². The first kappa shape index (κ1) is 21.1. The van der Waals surface area contributed by atoms with Crippen molar-refractivity contribution >= 4 is 12.6 Å². The fourth-order valence-corrected chi connectivity index (χ4v) is 2.68. The molecule has 7 N–H and O–H groups in total. The summed E-state index contributed by atoms with van der Waals surface area (Å²) in [6.45, 7) is 1.79. The van der Waals surface area contributed by atoms with E-state index in [9.17, 15) is 25.5 Å². The van der Waals surface area contributed by atoms with Crippen molar-refractivity contribution in [3.63, 3.8) is 0 Å². The number of hydrogen-bond donors (Lipinski definition) is 7. The highest BCUT2D eigenvalue weighted by Crippen LogP contribution is 2.23. The average molecular weight is 355 g/mol. The van der Waals surface area contributed by atoms with Crippen LogP contribution in [0, 0.1) is 0 Å². The van der Waals surface area contributed by atoms with Gasteiger partial charge in [-0.2, -0.15) is 12.6 Å². The molecule has 0 saturated carbocycles. The zero-order valence-electron chi connectivity index (χ0n) is 13.2. The van der Waals surface area contributed by atoms with Crippen LogP contribution in [0.15, 0.2) is 0 Å². The molecule has 1 aliphatic heterocycles. The Kier molecular flexibility index (Phi) is 9.27. The van der Waals surface area contributed by atoms with Crippen LogP contribution in [0.1, 0.15) is 26.2 Å². The van der Waals surface area contributed by atoms with Gasteiger partial charge in [0, 0.05) is 5.75 Å². The van der Waals surface area contributed by atoms with Gasteiger partial charge in [0.2, 0.25) is 0 Å². The third-order valence-electron chi connectivity index (χ3n) is 3.99. The molecule has 1 aliphatic rings. The van der Waals surface area contributed by atoms with E-state index in [1.807, 2.05) is 6.92 Å². The monoisotopic (exact) mass is 355 g/mol. The molecule has 0 bridgehead atoms. The zero-order valence-corrected chi connectivity index (χ0v) is 14.1. The second kappa shape index (κ2) is 10.1. The number of unbranched alkanes of at least 4 members (excludes halogenated alkanes) is 1. The summed E-state index contributed by atoms with van der Waals surface area (Å²) in [5.41, 5.74) is 5.78. The maximum atomic E-state index is 9.94. The summed E-state index contributed by atoms with van der Waals surface area (Å²) >= 11 is 4.00. The number of aliphatic hydroxyl groups is 5. The lowest BCUT2D eigenvalue weighted by atomic mass is 9.99. The molecule has 0 aromatic rings. The minimum atomic E-state index is -1.45. The van der Waals surface area contributed by atoms with Crippen LogP contribution in [-0.4, -0.2) is 86.8 Å². The van der Waals surface area contributed by atoms with Crippen molar-refractivity contribution in [2.24, 2.45) is 5.73 Å². The largest absolute Gasteiger partial charge is 0.390 e. The van der Waals surface area contributed by atoms with Crippen LogP contribution in [0.4, 0.5) is 0 Å².